The van der Waals surface area contributed by atoms with Crippen LogP contribution in [0.15, 0.2) is 46.3 Å². The Bertz CT molecular complexity index is 693. The Kier molecular flexibility index (Phi) is 10.5. The zero-order valence-electron chi connectivity index (χ0n) is 18.8. The number of aliphatic hydroxyl groups is 2. The van der Waals surface area contributed by atoms with Crippen molar-refractivity contribution in [1.82, 2.24) is 0 Å². The third-order valence-corrected chi connectivity index (χ3v) is 5.07. The molecule has 4 nitrogen and oxygen atoms in total. The summed E-state index contributed by atoms with van der Waals surface area (Å²) in [6.07, 6.45) is 6.47. The highest BCUT2D eigenvalue weighted by Crippen LogP contribution is 2.24. The van der Waals surface area contributed by atoms with Crippen LogP contribution in [0, 0.1) is 10.8 Å². The molecule has 0 aliphatic heterocycles. The molecule has 29 heavy (non-hydrogen) atoms. The molecule has 0 saturated carbocycles. The van der Waals surface area contributed by atoms with Crippen LogP contribution < -0.4 is 0 Å². The fourth-order valence-electron chi connectivity index (χ4n) is 3.13. The minimum absolute atomic E-state index is 0.0102. The predicted octanol–water partition coefficient (Wildman–Crippen LogP) is 5.75. The molecule has 0 saturated heterocycles. The Morgan fingerprint density at radius 1 is 0.690 bits per heavy atom. The summed E-state index contributed by atoms with van der Waals surface area (Å²) in [5.74, 6) is 4.00. The molecule has 2 heterocycles. The number of aliphatic hydroxyl groups excluding tert-OH is 2. The molecule has 0 radical (unpaired) electrons. The number of furan rings is 2. The summed E-state index contributed by atoms with van der Waals surface area (Å²) in [6, 6.07) is 8.21. The first-order valence-corrected chi connectivity index (χ1v) is 10.6. The fourth-order valence-corrected chi connectivity index (χ4v) is 3.13. The molecule has 0 unspecified atom stereocenters. The molecule has 0 aliphatic carbocycles. The van der Waals surface area contributed by atoms with Gasteiger partial charge in [0.1, 0.15) is 23.0 Å². The first-order chi connectivity index (χ1) is 13.7. The molecule has 2 rings (SSSR count). The van der Waals surface area contributed by atoms with Gasteiger partial charge in [-0.1, -0.05) is 27.7 Å². The third kappa shape index (κ3) is 9.51. The zero-order valence-corrected chi connectivity index (χ0v) is 18.8. The van der Waals surface area contributed by atoms with Crippen LogP contribution in [0.5, 0.6) is 0 Å². The van der Waals surface area contributed by atoms with E-state index in [1.165, 1.54) is 0 Å². The maximum Gasteiger partial charge on any atom is 0.104 e. The number of rotatable bonds is 12. The topological polar surface area (TPSA) is 66.7 Å². The van der Waals surface area contributed by atoms with Crippen LogP contribution in [0.3, 0.4) is 0 Å². The maximum atomic E-state index is 9.37. The lowest BCUT2D eigenvalue weighted by atomic mass is 9.88. The summed E-state index contributed by atoms with van der Waals surface area (Å²) >= 11 is 0. The molecule has 0 atom stereocenters. The molecule has 0 aliphatic rings. The molecule has 164 valence electrons. The Labute approximate surface area is 176 Å². The number of hydrogen-bond donors (Lipinski definition) is 2. The standard InChI is InChI=1S/C23H36O4.C2H4/c1-22(2,16-24)14-6-9-20-11-10-18(26-20)7-5-8-19-12-13-21(27-19)15-23(3,4)17-25;1-2/h10-13,24-25H,5-9,14-17H2,1-4H3;1-2H2. The van der Waals surface area contributed by atoms with Crippen LogP contribution >= 0.6 is 0 Å². The summed E-state index contributed by atoms with van der Waals surface area (Å²) in [7, 11) is 0. The monoisotopic (exact) mass is 404 g/mol. The lowest BCUT2D eigenvalue weighted by Gasteiger charge is -2.20. The SMILES string of the molecule is C=C.CC(C)(CO)CCCc1ccc(CCCc2ccc(CC(C)(C)CO)o2)o1. The summed E-state index contributed by atoms with van der Waals surface area (Å²) in [5.41, 5.74) is -0.157. The van der Waals surface area contributed by atoms with Gasteiger partial charge in [-0.15, -0.1) is 13.2 Å². The van der Waals surface area contributed by atoms with Crippen molar-refractivity contribution in [3.63, 3.8) is 0 Å². The fraction of sp³-hybridized carbons (Fsp3) is 0.600. The van der Waals surface area contributed by atoms with Crippen LogP contribution in [0.1, 0.15) is 70.0 Å². The van der Waals surface area contributed by atoms with Gasteiger partial charge in [0.15, 0.2) is 0 Å². The summed E-state index contributed by atoms with van der Waals surface area (Å²) in [6.45, 7) is 14.6. The smallest absolute Gasteiger partial charge is 0.104 e. The Morgan fingerprint density at radius 2 is 1.10 bits per heavy atom. The molecule has 0 spiro atoms. The van der Waals surface area contributed by atoms with E-state index < -0.39 is 0 Å². The van der Waals surface area contributed by atoms with Crippen LogP contribution in [0.2, 0.25) is 0 Å². The van der Waals surface area contributed by atoms with Crippen molar-refractivity contribution >= 4 is 0 Å². The predicted molar refractivity (Wildman–Crippen MR) is 119 cm³/mol. The van der Waals surface area contributed by atoms with E-state index in [4.69, 9.17) is 8.83 Å². The van der Waals surface area contributed by atoms with Gasteiger partial charge in [-0.05, 0) is 54.4 Å². The summed E-state index contributed by atoms with van der Waals surface area (Å²) in [5, 5.41) is 18.7. The minimum Gasteiger partial charge on any atom is -0.466 e. The highest BCUT2D eigenvalue weighted by atomic mass is 16.3. The second-order valence-electron chi connectivity index (χ2n) is 9.26. The van der Waals surface area contributed by atoms with Gasteiger partial charge in [-0.25, -0.2) is 0 Å². The van der Waals surface area contributed by atoms with Gasteiger partial charge < -0.3 is 19.0 Å². The lowest BCUT2D eigenvalue weighted by Crippen LogP contribution is -2.19. The van der Waals surface area contributed by atoms with Crippen molar-refractivity contribution in [2.75, 3.05) is 13.2 Å². The van der Waals surface area contributed by atoms with Crippen molar-refractivity contribution in [3.05, 3.63) is 60.5 Å². The molecule has 2 aromatic rings. The lowest BCUT2D eigenvalue weighted by molar-refractivity contribution is 0.147. The summed E-state index contributed by atoms with van der Waals surface area (Å²) in [4.78, 5) is 0. The van der Waals surface area contributed by atoms with Crippen LogP contribution in [0.25, 0.3) is 0 Å². The Morgan fingerprint density at radius 3 is 1.59 bits per heavy atom. The van der Waals surface area contributed by atoms with Crippen molar-refractivity contribution in [1.29, 1.82) is 0 Å². The summed E-state index contributed by atoms with van der Waals surface area (Å²) < 4.78 is 11.8. The average Bonchev–Trinajstić information content (AvgIpc) is 3.32. The number of aryl methyl sites for hydroxylation is 3. The van der Waals surface area contributed by atoms with E-state index in [-0.39, 0.29) is 24.0 Å². The maximum absolute atomic E-state index is 9.37. The molecule has 0 amide bonds. The van der Waals surface area contributed by atoms with E-state index in [2.05, 4.69) is 39.1 Å². The molecular weight excluding hydrogens is 364 g/mol. The highest BCUT2D eigenvalue weighted by molar-refractivity contribution is 5.10. The van der Waals surface area contributed by atoms with E-state index >= 15 is 0 Å². The largest absolute Gasteiger partial charge is 0.466 e. The Balaban J connectivity index is 0.00000204. The second-order valence-corrected chi connectivity index (χ2v) is 9.26. The second kappa shape index (κ2) is 12.0. The molecule has 0 bridgehead atoms. The van der Waals surface area contributed by atoms with E-state index in [0.29, 0.717) is 0 Å². The van der Waals surface area contributed by atoms with Crippen LogP contribution in [-0.4, -0.2) is 23.4 Å². The van der Waals surface area contributed by atoms with Gasteiger partial charge in [-0.3, -0.25) is 0 Å². The molecule has 2 aromatic heterocycles. The highest BCUT2D eigenvalue weighted by Gasteiger charge is 2.19. The zero-order chi connectivity index (χ0) is 21.9. The van der Waals surface area contributed by atoms with E-state index in [9.17, 15) is 10.2 Å². The van der Waals surface area contributed by atoms with E-state index in [1.807, 2.05) is 26.0 Å². The molecule has 0 aromatic carbocycles. The van der Waals surface area contributed by atoms with Crippen molar-refractivity contribution in [2.24, 2.45) is 10.8 Å². The molecule has 2 N–H and O–H groups in total. The molecular formula is C25H40O4. The van der Waals surface area contributed by atoms with Gasteiger partial charge in [0, 0.05) is 38.9 Å². The first-order valence-electron chi connectivity index (χ1n) is 10.6. The Hall–Kier alpha value is -1.78. The van der Waals surface area contributed by atoms with Crippen LogP contribution in [-0.2, 0) is 25.7 Å². The van der Waals surface area contributed by atoms with Crippen molar-refractivity contribution in [2.45, 2.75) is 72.6 Å². The number of hydrogen-bond acceptors (Lipinski definition) is 4. The van der Waals surface area contributed by atoms with E-state index in [1.54, 1.807) is 0 Å². The minimum atomic E-state index is -0.147. The molecule has 4 heteroatoms. The third-order valence-electron chi connectivity index (χ3n) is 5.07. The van der Waals surface area contributed by atoms with Crippen LogP contribution in [0.4, 0.5) is 0 Å². The van der Waals surface area contributed by atoms with E-state index in [0.717, 1.165) is 68.0 Å². The van der Waals surface area contributed by atoms with Gasteiger partial charge in [0.05, 0.1) is 0 Å². The van der Waals surface area contributed by atoms with Gasteiger partial charge >= 0.3 is 0 Å². The first kappa shape index (κ1) is 25.3. The van der Waals surface area contributed by atoms with Gasteiger partial charge in [0.25, 0.3) is 0 Å². The average molecular weight is 405 g/mol. The molecule has 0 fully saturated rings. The normalized spacial score (nSPS) is 11.9. The van der Waals surface area contributed by atoms with Gasteiger partial charge in [0.2, 0.25) is 0 Å². The van der Waals surface area contributed by atoms with Crippen molar-refractivity contribution in [3.8, 4) is 0 Å². The van der Waals surface area contributed by atoms with Crippen molar-refractivity contribution < 1.29 is 19.0 Å². The quantitative estimate of drug-likeness (QED) is 0.442. The van der Waals surface area contributed by atoms with Gasteiger partial charge in [-0.2, -0.15) is 0 Å².